The number of hydrogen-bond donors (Lipinski definition) is 4. The standard InChI is InChI=1S/C13H13NO8/c15-9(16)4-7(12(19)20)6-2-1-3-14-11(6)8(13(21)22)5-10(17)18/h1-3,7-8H,4-5H2,(H,15,16)(H,17,18)(H,19,20)(H,21,22). The molecule has 0 saturated heterocycles. The normalized spacial score (nSPS) is 13.1. The first-order valence-electron chi connectivity index (χ1n) is 6.08. The van der Waals surface area contributed by atoms with Gasteiger partial charge in [0.1, 0.15) is 5.92 Å². The van der Waals surface area contributed by atoms with Crippen molar-refractivity contribution in [2.24, 2.45) is 0 Å². The van der Waals surface area contributed by atoms with Gasteiger partial charge in [-0.05, 0) is 11.6 Å². The zero-order valence-corrected chi connectivity index (χ0v) is 11.2. The highest BCUT2D eigenvalue weighted by Gasteiger charge is 2.32. The van der Waals surface area contributed by atoms with Gasteiger partial charge in [0, 0.05) is 6.20 Å². The molecular formula is C13H13NO8. The van der Waals surface area contributed by atoms with Gasteiger partial charge < -0.3 is 20.4 Å². The highest BCUT2D eigenvalue weighted by Crippen LogP contribution is 2.29. The molecule has 4 N–H and O–H groups in total. The van der Waals surface area contributed by atoms with Crippen molar-refractivity contribution < 1.29 is 39.6 Å². The minimum absolute atomic E-state index is 0.119. The second-order valence-corrected chi connectivity index (χ2v) is 4.46. The molecule has 0 fully saturated rings. The Morgan fingerprint density at radius 1 is 0.909 bits per heavy atom. The maximum absolute atomic E-state index is 11.2. The second kappa shape index (κ2) is 7.16. The first-order chi connectivity index (χ1) is 10.2. The van der Waals surface area contributed by atoms with Crippen molar-refractivity contribution >= 4 is 23.9 Å². The van der Waals surface area contributed by atoms with Crippen molar-refractivity contribution in [3.8, 4) is 0 Å². The fourth-order valence-corrected chi connectivity index (χ4v) is 2.00. The predicted molar refractivity (Wildman–Crippen MR) is 69.5 cm³/mol. The molecule has 9 nitrogen and oxygen atoms in total. The Labute approximate surface area is 123 Å². The van der Waals surface area contributed by atoms with Crippen LogP contribution in [0.3, 0.4) is 0 Å². The van der Waals surface area contributed by atoms with E-state index in [1.807, 2.05) is 0 Å². The molecule has 0 bridgehead atoms. The molecule has 0 spiro atoms. The fourth-order valence-electron chi connectivity index (χ4n) is 2.00. The summed E-state index contributed by atoms with van der Waals surface area (Å²) in [6.45, 7) is 0. The van der Waals surface area contributed by atoms with Crippen molar-refractivity contribution in [1.29, 1.82) is 0 Å². The van der Waals surface area contributed by atoms with Crippen LogP contribution >= 0.6 is 0 Å². The van der Waals surface area contributed by atoms with Crippen LogP contribution in [0.1, 0.15) is 35.9 Å². The number of aromatic nitrogens is 1. The van der Waals surface area contributed by atoms with Crippen LogP contribution in [0.5, 0.6) is 0 Å². The quantitative estimate of drug-likeness (QED) is 0.531. The lowest BCUT2D eigenvalue weighted by molar-refractivity contribution is -0.146. The number of carbonyl (C=O) groups is 4. The summed E-state index contributed by atoms with van der Waals surface area (Å²) in [5, 5.41) is 35.8. The average Bonchev–Trinajstić information content (AvgIpc) is 2.41. The summed E-state index contributed by atoms with van der Waals surface area (Å²) in [5.41, 5.74) is -0.378. The van der Waals surface area contributed by atoms with E-state index in [4.69, 9.17) is 20.4 Å². The lowest BCUT2D eigenvalue weighted by Crippen LogP contribution is -2.23. The Hall–Kier alpha value is -2.97. The SMILES string of the molecule is O=C(O)CC(C(=O)O)c1cccnc1C(CC(=O)O)C(=O)O. The predicted octanol–water partition coefficient (Wildman–Crippen LogP) is 0.367. The number of rotatable bonds is 8. The van der Waals surface area contributed by atoms with E-state index in [-0.39, 0.29) is 11.3 Å². The largest absolute Gasteiger partial charge is 0.481 e. The molecule has 1 heterocycles. The lowest BCUT2D eigenvalue weighted by atomic mass is 9.88. The fraction of sp³-hybridized carbons (Fsp3) is 0.308. The molecule has 0 aromatic carbocycles. The maximum atomic E-state index is 11.2. The first-order valence-corrected chi connectivity index (χ1v) is 6.08. The van der Waals surface area contributed by atoms with Gasteiger partial charge in [-0.25, -0.2) is 0 Å². The van der Waals surface area contributed by atoms with Gasteiger partial charge in [-0.15, -0.1) is 0 Å². The number of aliphatic carboxylic acids is 4. The maximum Gasteiger partial charge on any atom is 0.313 e. The van der Waals surface area contributed by atoms with Gasteiger partial charge in [-0.1, -0.05) is 6.07 Å². The van der Waals surface area contributed by atoms with E-state index in [2.05, 4.69) is 4.98 Å². The summed E-state index contributed by atoms with van der Waals surface area (Å²) >= 11 is 0. The number of nitrogens with zero attached hydrogens (tertiary/aromatic N) is 1. The third-order valence-corrected chi connectivity index (χ3v) is 2.93. The molecule has 118 valence electrons. The third kappa shape index (κ3) is 4.27. The molecule has 0 aliphatic heterocycles. The number of pyridine rings is 1. The van der Waals surface area contributed by atoms with Gasteiger partial charge in [0.2, 0.25) is 0 Å². The lowest BCUT2D eigenvalue weighted by Gasteiger charge is -2.18. The van der Waals surface area contributed by atoms with Gasteiger partial charge in [-0.2, -0.15) is 0 Å². The van der Waals surface area contributed by atoms with E-state index in [9.17, 15) is 19.2 Å². The van der Waals surface area contributed by atoms with E-state index in [0.29, 0.717) is 0 Å². The average molecular weight is 311 g/mol. The molecule has 2 unspecified atom stereocenters. The Morgan fingerprint density at radius 2 is 1.41 bits per heavy atom. The van der Waals surface area contributed by atoms with Crippen molar-refractivity contribution in [1.82, 2.24) is 4.98 Å². The van der Waals surface area contributed by atoms with Crippen molar-refractivity contribution in [3.05, 3.63) is 29.6 Å². The van der Waals surface area contributed by atoms with Crippen LogP contribution in [0.2, 0.25) is 0 Å². The van der Waals surface area contributed by atoms with Gasteiger partial charge in [0.05, 0.1) is 24.5 Å². The molecule has 0 aliphatic carbocycles. The molecule has 1 aromatic heterocycles. The van der Waals surface area contributed by atoms with Crippen LogP contribution in [-0.4, -0.2) is 49.3 Å². The summed E-state index contributed by atoms with van der Waals surface area (Å²) < 4.78 is 0. The summed E-state index contributed by atoms with van der Waals surface area (Å²) in [7, 11) is 0. The topological polar surface area (TPSA) is 162 Å². The Balaban J connectivity index is 3.36. The van der Waals surface area contributed by atoms with Gasteiger partial charge >= 0.3 is 23.9 Å². The highest BCUT2D eigenvalue weighted by atomic mass is 16.4. The minimum atomic E-state index is -1.57. The van der Waals surface area contributed by atoms with Gasteiger partial charge in [-0.3, -0.25) is 24.2 Å². The van der Waals surface area contributed by atoms with E-state index in [1.54, 1.807) is 0 Å². The molecule has 1 rings (SSSR count). The Morgan fingerprint density at radius 3 is 1.86 bits per heavy atom. The van der Waals surface area contributed by atoms with Gasteiger partial charge in [0.15, 0.2) is 0 Å². The third-order valence-electron chi connectivity index (χ3n) is 2.93. The van der Waals surface area contributed by atoms with E-state index < -0.39 is 48.6 Å². The van der Waals surface area contributed by atoms with E-state index in [1.165, 1.54) is 18.3 Å². The van der Waals surface area contributed by atoms with Crippen LogP contribution in [0.25, 0.3) is 0 Å². The molecule has 0 amide bonds. The summed E-state index contributed by atoms with van der Waals surface area (Å²) in [5.74, 6) is -8.81. The van der Waals surface area contributed by atoms with Crippen molar-refractivity contribution in [2.75, 3.05) is 0 Å². The van der Waals surface area contributed by atoms with Crippen LogP contribution in [0.15, 0.2) is 18.3 Å². The molecule has 22 heavy (non-hydrogen) atoms. The van der Waals surface area contributed by atoms with Crippen molar-refractivity contribution in [3.63, 3.8) is 0 Å². The number of carboxylic acid groups (broad SMARTS) is 4. The van der Waals surface area contributed by atoms with Crippen LogP contribution in [0, 0.1) is 0 Å². The van der Waals surface area contributed by atoms with Crippen LogP contribution in [-0.2, 0) is 19.2 Å². The zero-order valence-electron chi connectivity index (χ0n) is 11.2. The summed E-state index contributed by atoms with van der Waals surface area (Å²) in [6.07, 6.45) is -0.373. The van der Waals surface area contributed by atoms with Crippen molar-refractivity contribution in [2.45, 2.75) is 24.7 Å². The van der Waals surface area contributed by atoms with Crippen LogP contribution < -0.4 is 0 Å². The molecule has 0 radical (unpaired) electrons. The Kier molecular flexibility index (Phi) is 5.56. The minimum Gasteiger partial charge on any atom is -0.481 e. The molecule has 1 aromatic rings. The smallest absolute Gasteiger partial charge is 0.313 e. The number of hydrogen-bond acceptors (Lipinski definition) is 5. The first kappa shape index (κ1) is 17.1. The highest BCUT2D eigenvalue weighted by molar-refractivity contribution is 5.85. The molecule has 9 heteroatoms. The van der Waals surface area contributed by atoms with Crippen LogP contribution in [0.4, 0.5) is 0 Å². The van der Waals surface area contributed by atoms with E-state index >= 15 is 0 Å². The van der Waals surface area contributed by atoms with Gasteiger partial charge in [0.25, 0.3) is 0 Å². The summed E-state index contributed by atoms with van der Waals surface area (Å²) in [6, 6.07) is 2.57. The summed E-state index contributed by atoms with van der Waals surface area (Å²) in [4.78, 5) is 47.8. The Bertz CT molecular complexity index is 559. The number of carboxylic acids is 4. The monoisotopic (exact) mass is 311 g/mol. The van der Waals surface area contributed by atoms with E-state index in [0.717, 1.165) is 0 Å². The zero-order chi connectivity index (χ0) is 16.9. The molecule has 0 saturated carbocycles. The molecule has 0 aliphatic rings. The molecular weight excluding hydrogens is 298 g/mol. The molecule has 2 atom stereocenters. The second-order valence-electron chi connectivity index (χ2n) is 4.46.